The standard InChI is InChI=1S/C16H11NO7S.Na/c18-14(24-12-7-3-4-8-13(12)25(21,22)23)9-17-15(19)10-5-1-2-6-11(10)16(17)20;/h1-8H,9H2,(H,21,22,23);/q;+1/p-1. The van der Waals surface area contributed by atoms with E-state index < -0.39 is 45.1 Å². The summed E-state index contributed by atoms with van der Waals surface area (Å²) in [6.45, 7) is -0.709. The molecule has 26 heavy (non-hydrogen) atoms. The minimum atomic E-state index is -4.85. The first-order chi connectivity index (χ1) is 11.8. The molecule has 0 fully saturated rings. The van der Waals surface area contributed by atoms with Crippen molar-refractivity contribution in [2.24, 2.45) is 0 Å². The van der Waals surface area contributed by atoms with E-state index in [1.165, 1.54) is 24.3 Å². The molecule has 0 radical (unpaired) electrons. The Morgan fingerprint density at radius 1 is 0.962 bits per heavy atom. The third kappa shape index (κ3) is 3.87. The number of carbonyl (C=O) groups is 3. The van der Waals surface area contributed by atoms with E-state index >= 15 is 0 Å². The van der Waals surface area contributed by atoms with Crippen LogP contribution in [0.3, 0.4) is 0 Å². The minimum Gasteiger partial charge on any atom is -0.744 e. The van der Waals surface area contributed by atoms with Crippen molar-refractivity contribution in [2.75, 3.05) is 6.54 Å². The summed E-state index contributed by atoms with van der Waals surface area (Å²) < 4.78 is 38.4. The number of ether oxygens (including phenoxy) is 1. The van der Waals surface area contributed by atoms with Crippen LogP contribution in [-0.4, -0.2) is 42.2 Å². The number of benzene rings is 2. The maximum absolute atomic E-state index is 12.2. The van der Waals surface area contributed by atoms with Crippen molar-refractivity contribution in [3.63, 3.8) is 0 Å². The average molecular weight is 383 g/mol. The van der Waals surface area contributed by atoms with Gasteiger partial charge in [-0.05, 0) is 24.3 Å². The third-order valence-corrected chi connectivity index (χ3v) is 4.38. The largest absolute Gasteiger partial charge is 1.00 e. The Morgan fingerprint density at radius 2 is 1.46 bits per heavy atom. The molecule has 3 rings (SSSR count). The Labute approximate surface area is 170 Å². The molecular formula is C16H10NNaO7S. The fraction of sp³-hybridized carbons (Fsp3) is 0.0625. The van der Waals surface area contributed by atoms with Crippen LogP contribution in [0, 0.1) is 0 Å². The number of imide groups is 1. The molecular weight excluding hydrogens is 373 g/mol. The first-order valence-electron chi connectivity index (χ1n) is 7.00. The van der Waals surface area contributed by atoms with E-state index in [4.69, 9.17) is 4.74 Å². The van der Waals surface area contributed by atoms with Crippen molar-refractivity contribution >= 4 is 27.9 Å². The molecule has 0 spiro atoms. The van der Waals surface area contributed by atoms with E-state index in [-0.39, 0.29) is 40.7 Å². The van der Waals surface area contributed by atoms with E-state index in [9.17, 15) is 27.4 Å². The van der Waals surface area contributed by atoms with E-state index in [1.54, 1.807) is 12.1 Å². The summed E-state index contributed by atoms with van der Waals surface area (Å²) in [4.78, 5) is 36.4. The van der Waals surface area contributed by atoms with Crippen LogP contribution in [0.2, 0.25) is 0 Å². The number of rotatable bonds is 4. The van der Waals surface area contributed by atoms with E-state index in [0.717, 1.165) is 12.1 Å². The second kappa shape index (κ2) is 7.68. The summed E-state index contributed by atoms with van der Waals surface area (Å²) in [5.41, 5.74) is 0.339. The Morgan fingerprint density at radius 3 is 2.00 bits per heavy atom. The van der Waals surface area contributed by atoms with Gasteiger partial charge in [0.1, 0.15) is 22.4 Å². The number of nitrogens with zero attached hydrogens (tertiary/aromatic N) is 1. The Balaban J connectivity index is 0.00000243. The van der Waals surface area contributed by atoms with Gasteiger partial charge in [0.05, 0.1) is 16.0 Å². The zero-order valence-electron chi connectivity index (χ0n) is 13.5. The van der Waals surface area contributed by atoms with Gasteiger partial charge in [-0.15, -0.1) is 0 Å². The van der Waals surface area contributed by atoms with Gasteiger partial charge in [-0.3, -0.25) is 14.5 Å². The zero-order valence-corrected chi connectivity index (χ0v) is 16.4. The molecule has 2 aromatic rings. The molecule has 0 N–H and O–H groups in total. The predicted octanol–water partition coefficient (Wildman–Crippen LogP) is -2.20. The van der Waals surface area contributed by atoms with Crippen LogP contribution in [0.5, 0.6) is 5.75 Å². The summed E-state index contributed by atoms with van der Waals surface area (Å²) in [7, 11) is -4.85. The molecule has 0 saturated carbocycles. The van der Waals surface area contributed by atoms with Crippen LogP contribution in [-0.2, 0) is 14.9 Å². The Hall–Kier alpha value is -2.04. The Kier molecular flexibility index (Phi) is 5.99. The van der Waals surface area contributed by atoms with Crippen molar-refractivity contribution in [3.05, 3.63) is 59.7 Å². The van der Waals surface area contributed by atoms with Crippen LogP contribution in [0.4, 0.5) is 0 Å². The van der Waals surface area contributed by atoms with Crippen LogP contribution in [0.1, 0.15) is 20.7 Å². The summed E-state index contributed by atoms with van der Waals surface area (Å²) in [6, 6.07) is 10.9. The normalized spacial score (nSPS) is 13.2. The summed E-state index contributed by atoms with van der Waals surface area (Å²) in [6.07, 6.45) is 0. The SMILES string of the molecule is O=C(CN1C(=O)c2ccccc2C1=O)Oc1ccccc1S(=O)(=O)[O-].[Na+]. The minimum absolute atomic E-state index is 0. The topological polar surface area (TPSA) is 121 Å². The van der Waals surface area contributed by atoms with Crippen LogP contribution in [0.25, 0.3) is 0 Å². The van der Waals surface area contributed by atoms with Gasteiger partial charge in [-0.25, -0.2) is 13.2 Å². The van der Waals surface area contributed by atoms with Gasteiger partial charge in [0, 0.05) is 0 Å². The number of para-hydroxylation sites is 1. The van der Waals surface area contributed by atoms with Crippen LogP contribution >= 0.6 is 0 Å². The van der Waals surface area contributed by atoms with Crippen LogP contribution in [0.15, 0.2) is 53.4 Å². The number of esters is 1. The van der Waals surface area contributed by atoms with Crippen molar-refractivity contribution in [1.29, 1.82) is 0 Å². The smallest absolute Gasteiger partial charge is 0.744 e. The first kappa shape index (κ1) is 20.3. The summed E-state index contributed by atoms with van der Waals surface area (Å²) >= 11 is 0. The molecule has 0 atom stereocenters. The van der Waals surface area contributed by atoms with Crippen molar-refractivity contribution in [2.45, 2.75) is 4.90 Å². The molecule has 0 aromatic heterocycles. The number of hydrogen-bond donors (Lipinski definition) is 0. The molecule has 0 aliphatic carbocycles. The molecule has 1 aliphatic rings. The van der Waals surface area contributed by atoms with Crippen LogP contribution < -0.4 is 34.3 Å². The average Bonchev–Trinajstić information content (AvgIpc) is 2.80. The fourth-order valence-corrected chi connectivity index (χ4v) is 3.01. The number of carbonyl (C=O) groups excluding carboxylic acids is 3. The van der Waals surface area contributed by atoms with Gasteiger partial charge in [-0.1, -0.05) is 24.3 Å². The second-order valence-electron chi connectivity index (χ2n) is 5.12. The molecule has 1 heterocycles. The molecule has 128 valence electrons. The summed E-state index contributed by atoms with van der Waals surface area (Å²) in [5, 5.41) is 0. The summed E-state index contributed by atoms with van der Waals surface area (Å²) in [5.74, 6) is -2.81. The predicted molar refractivity (Wildman–Crippen MR) is 81.8 cm³/mol. The fourth-order valence-electron chi connectivity index (χ4n) is 2.41. The number of fused-ring (bicyclic) bond motifs is 1. The Bertz CT molecular complexity index is 968. The number of hydrogen-bond acceptors (Lipinski definition) is 7. The van der Waals surface area contributed by atoms with Gasteiger partial charge in [0.2, 0.25) is 0 Å². The molecule has 2 aromatic carbocycles. The maximum Gasteiger partial charge on any atom is 1.00 e. The van der Waals surface area contributed by atoms with Crippen molar-refractivity contribution in [1.82, 2.24) is 4.90 Å². The maximum atomic E-state index is 12.2. The first-order valence-corrected chi connectivity index (χ1v) is 8.40. The molecule has 0 bridgehead atoms. The molecule has 1 aliphatic heterocycles. The van der Waals surface area contributed by atoms with Crippen molar-refractivity contribution in [3.8, 4) is 5.75 Å². The molecule has 0 saturated heterocycles. The molecule has 2 amide bonds. The molecule has 10 heteroatoms. The van der Waals surface area contributed by atoms with E-state index in [0.29, 0.717) is 4.90 Å². The van der Waals surface area contributed by atoms with Gasteiger partial charge < -0.3 is 9.29 Å². The number of amides is 2. The van der Waals surface area contributed by atoms with Gasteiger partial charge >= 0.3 is 35.5 Å². The van der Waals surface area contributed by atoms with Crippen molar-refractivity contribution < 1.29 is 61.6 Å². The second-order valence-corrected chi connectivity index (χ2v) is 6.47. The molecule has 0 unspecified atom stereocenters. The van der Waals surface area contributed by atoms with E-state index in [2.05, 4.69) is 0 Å². The van der Waals surface area contributed by atoms with E-state index in [1.807, 2.05) is 0 Å². The quantitative estimate of drug-likeness (QED) is 0.193. The van der Waals surface area contributed by atoms with Gasteiger partial charge in [-0.2, -0.15) is 0 Å². The zero-order chi connectivity index (χ0) is 18.2. The van der Waals surface area contributed by atoms with Gasteiger partial charge in [0.25, 0.3) is 11.8 Å². The third-order valence-electron chi connectivity index (χ3n) is 3.51. The monoisotopic (exact) mass is 383 g/mol. The molecule has 8 nitrogen and oxygen atoms in total. The van der Waals surface area contributed by atoms with Gasteiger partial charge in [0.15, 0.2) is 0 Å².